The van der Waals surface area contributed by atoms with Crippen LogP contribution in [0, 0.1) is 6.92 Å². The van der Waals surface area contributed by atoms with Gasteiger partial charge in [-0.05, 0) is 78.1 Å². The van der Waals surface area contributed by atoms with Crippen molar-refractivity contribution in [3.63, 3.8) is 0 Å². The van der Waals surface area contributed by atoms with Gasteiger partial charge in [-0.3, -0.25) is 4.79 Å². The van der Waals surface area contributed by atoms with Gasteiger partial charge in [0.1, 0.15) is 5.69 Å². The Hall–Kier alpha value is -3.76. The number of Topliss-reactive ketones (excluding diaryl/α,β-unsaturated/α-hetero) is 1. The van der Waals surface area contributed by atoms with Crippen LogP contribution in [0.25, 0.3) is 33.2 Å². The van der Waals surface area contributed by atoms with Gasteiger partial charge in [0.15, 0.2) is 5.78 Å². The highest BCUT2D eigenvalue weighted by molar-refractivity contribution is 9.10. The Bertz CT molecular complexity index is 1960. The number of alkyl halides is 1. The van der Waals surface area contributed by atoms with Crippen LogP contribution in [0.1, 0.15) is 86.3 Å². The molecule has 2 aromatic carbocycles. The fourth-order valence-electron chi connectivity index (χ4n) is 6.49. The Morgan fingerprint density at radius 1 is 0.905 bits per heavy atom. The van der Waals surface area contributed by atoms with Crippen LogP contribution in [0.2, 0.25) is 0 Å². The molecule has 0 fully saturated rings. The van der Waals surface area contributed by atoms with Gasteiger partial charge >= 0.3 is 11.9 Å². The maximum absolute atomic E-state index is 12.3. The summed E-state index contributed by atoms with van der Waals surface area (Å²) in [5, 5.41) is 21.3. The Labute approximate surface area is 254 Å². The first-order valence-corrected chi connectivity index (χ1v) is 15.3. The standard InChI is InChI=1S/C17H16N2O2S.C15H14BrNO3/c1-8-18-14-12(22-8)7-17(2,3)13-10-6-9(16(20)21)4-5-11(10)19-15(13)14;1-15(2)6-9(16)13(18)12-11(15)8-5-7(14(19)20)3-4-10(8)17-12/h4-6,19H,7H2,1-3H3,(H,20,21);3-5,9,17H,6H2,1-2H3,(H,19,20). The fourth-order valence-corrected chi connectivity index (χ4v) is 8.70. The number of aromatic carboxylic acids is 2. The van der Waals surface area contributed by atoms with Gasteiger partial charge in [-0.2, -0.15) is 0 Å². The zero-order valence-corrected chi connectivity index (χ0v) is 26.2. The highest BCUT2D eigenvalue weighted by Gasteiger charge is 2.40. The first-order valence-electron chi connectivity index (χ1n) is 13.6. The maximum Gasteiger partial charge on any atom is 0.335 e. The summed E-state index contributed by atoms with van der Waals surface area (Å²) in [6, 6.07) is 10.2. The van der Waals surface area contributed by atoms with E-state index in [1.54, 1.807) is 41.7 Å². The Kier molecular flexibility index (Phi) is 6.51. The zero-order valence-electron chi connectivity index (χ0n) is 23.8. The second-order valence-electron chi connectivity index (χ2n) is 12.4. The summed E-state index contributed by atoms with van der Waals surface area (Å²) in [6.45, 7) is 10.6. The third kappa shape index (κ3) is 4.48. The molecule has 0 saturated carbocycles. The van der Waals surface area contributed by atoms with Gasteiger partial charge in [-0.1, -0.05) is 43.6 Å². The molecule has 42 heavy (non-hydrogen) atoms. The highest BCUT2D eigenvalue weighted by atomic mass is 79.9. The molecule has 4 N–H and O–H groups in total. The van der Waals surface area contributed by atoms with E-state index in [9.17, 15) is 19.5 Å². The maximum atomic E-state index is 12.3. The number of carbonyl (C=O) groups is 3. The summed E-state index contributed by atoms with van der Waals surface area (Å²) >= 11 is 5.18. The van der Waals surface area contributed by atoms with Gasteiger partial charge in [0, 0.05) is 26.7 Å². The summed E-state index contributed by atoms with van der Waals surface area (Å²) in [7, 11) is 0. The number of carboxylic acid groups (broad SMARTS) is 2. The molecule has 8 nitrogen and oxygen atoms in total. The van der Waals surface area contributed by atoms with Gasteiger partial charge in [-0.15, -0.1) is 11.3 Å². The summed E-state index contributed by atoms with van der Waals surface area (Å²) in [6.07, 6.45) is 1.63. The lowest BCUT2D eigenvalue weighted by atomic mass is 9.73. The lowest BCUT2D eigenvalue weighted by Gasteiger charge is -2.32. The minimum absolute atomic E-state index is 0.0346. The highest BCUT2D eigenvalue weighted by Crippen LogP contribution is 2.48. The topological polar surface area (TPSA) is 136 Å². The number of carbonyl (C=O) groups excluding carboxylic acids is 1. The Balaban J connectivity index is 0.000000151. The minimum Gasteiger partial charge on any atom is -0.478 e. The third-order valence-corrected chi connectivity index (χ3v) is 10.0. The molecule has 0 saturated heterocycles. The molecule has 10 heteroatoms. The number of nitrogens with zero attached hydrogens (tertiary/aromatic N) is 1. The second kappa shape index (κ2) is 9.64. The lowest BCUT2D eigenvalue weighted by Crippen LogP contribution is -2.34. The number of aryl methyl sites for hydroxylation is 1. The van der Waals surface area contributed by atoms with E-state index in [1.165, 1.54) is 10.4 Å². The van der Waals surface area contributed by atoms with Gasteiger partial charge in [0.2, 0.25) is 0 Å². The SMILES string of the molecule is CC1(C)CC(Br)C(=O)c2[nH]c3ccc(C(=O)O)cc3c21.Cc1nc2c(s1)CC(C)(C)c1c-2[nH]c2ccc(C(=O)O)cc12. The van der Waals surface area contributed by atoms with E-state index in [0.29, 0.717) is 17.7 Å². The third-order valence-electron chi connectivity index (χ3n) is 8.31. The van der Waals surface area contributed by atoms with Crippen LogP contribution >= 0.6 is 27.3 Å². The molecule has 7 rings (SSSR count). The number of aromatic nitrogens is 3. The van der Waals surface area contributed by atoms with Crippen molar-refractivity contribution in [2.75, 3.05) is 0 Å². The molecule has 1 unspecified atom stereocenters. The number of ketones is 1. The molecule has 0 aliphatic heterocycles. The smallest absolute Gasteiger partial charge is 0.335 e. The van der Waals surface area contributed by atoms with Gasteiger partial charge in [-0.25, -0.2) is 14.6 Å². The van der Waals surface area contributed by atoms with E-state index >= 15 is 0 Å². The van der Waals surface area contributed by atoms with Crippen LogP contribution in [-0.2, 0) is 17.3 Å². The summed E-state index contributed by atoms with van der Waals surface area (Å²) in [5.41, 5.74) is 6.90. The summed E-state index contributed by atoms with van der Waals surface area (Å²) in [5.74, 6) is -1.82. The molecule has 216 valence electrons. The van der Waals surface area contributed by atoms with Crippen LogP contribution in [0.4, 0.5) is 0 Å². The van der Waals surface area contributed by atoms with Gasteiger partial charge < -0.3 is 20.2 Å². The van der Waals surface area contributed by atoms with E-state index in [2.05, 4.69) is 58.6 Å². The number of H-pyrrole nitrogens is 2. The molecule has 3 heterocycles. The van der Waals surface area contributed by atoms with Crippen molar-refractivity contribution < 1.29 is 24.6 Å². The van der Waals surface area contributed by atoms with Crippen LogP contribution < -0.4 is 0 Å². The molecular formula is C32H30BrN3O5S. The van der Waals surface area contributed by atoms with Gasteiger partial charge in [0.05, 0.1) is 32.3 Å². The quantitative estimate of drug-likeness (QED) is 0.145. The molecule has 1 atom stereocenters. The van der Waals surface area contributed by atoms with Crippen LogP contribution in [0.5, 0.6) is 0 Å². The van der Waals surface area contributed by atoms with Crippen molar-refractivity contribution in [2.24, 2.45) is 0 Å². The molecular weight excluding hydrogens is 618 g/mol. The van der Waals surface area contributed by atoms with Crippen LogP contribution in [-0.4, -0.2) is 47.7 Å². The number of fused-ring (bicyclic) bond motifs is 8. The molecule has 2 aliphatic rings. The average Bonchev–Trinajstić information content (AvgIpc) is 3.59. The number of nitrogens with one attached hydrogen (secondary N) is 2. The van der Waals surface area contributed by atoms with Crippen molar-refractivity contribution in [2.45, 2.75) is 63.1 Å². The number of thiazole rings is 1. The molecule has 0 bridgehead atoms. The predicted octanol–water partition coefficient (Wildman–Crippen LogP) is 7.63. The number of benzene rings is 2. The number of carboxylic acids is 2. The van der Waals surface area contributed by atoms with E-state index in [4.69, 9.17) is 5.11 Å². The fraction of sp³-hybridized carbons (Fsp3) is 0.312. The number of halogens is 1. The number of rotatable bonds is 2. The molecule has 0 spiro atoms. The molecule has 3 aromatic heterocycles. The monoisotopic (exact) mass is 647 g/mol. The normalized spacial score (nSPS) is 18.1. The average molecular weight is 649 g/mol. The summed E-state index contributed by atoms with van der Waals surface area (Å²) in [4.78, 5) is 47.1. The molecule has 5 aromatic rings. The van der Waals surface area contributed by atoms with E-state index in [1.807, 2.05) is 13.0 Å². The number of hydrogen-bond acceptors (Lipinski definition) is 5. The largest absolute Gasteiger partial charge is 0.478 e. The Morgan fingerprint density at radius 2 is 1.43 bits per heavy atom. The van der Waals surface area contributed by atoms with Crippen molar-refractivity contribution in [1.29, 1.82) is 0 Å². The lowest BCUT2D eigenvalue weighted by molar-refractivity contribution is 0.0686. The number of aromatic amines is 2. The predicted molar refractivity (Wildman–Crippen MR) is 168 cm³/mol. The number of hydrogen-bond donors (Lipinski definition) is 4. The zero-order chi connectivity index (χ0) is 30.3. The van der Waals surface area contributed by atoms with Crippen molar-refractivity contribution in [1.82, 2.24) is 15.0 Å². The minimum atomic E-state index is -0.958. The van der Waals surface area contributed by atoms with Crippen molar-refractivity contribution >= 4 is 66.8 Å². The molecule has 0 radical (unpaired) electrons. The first-order chi connectivity index (χ1) is 19.7. The van der Waals surface area contributed by atoms with E-state index < -0.39 is 11.9 Å². The van der Waals surface area contributed by atoms with E-state index in [-0.39, 0.29) is 27.0 Å². The molecule has 2 aliphatic carbocycles. The van der Waals surface area contributed by atoms with Crippen LogP contribution in [0.15, 0.2) is 36.4 Å². The first kappa shape index (κ1) is 28.4. The van der Waals surface area contributed by atoms with E-state index in [0.717, 1.165) is 50.2 Å². The van der Waals surface area contributed by atoms with Crippen LogP contribution in [0.3, 0.4) is 0 Å². The molecule has 0 amide bonds. The van der Waals surface area contributed by atoms with Crippen molar-refractivity contribution in [3.8, 4) is 11.4 Å². The van der Waals surface area contributed by atoms with Gasteiger partial charge in [0.25, 0.3) is 0 Å². The second-order valence-corrected chi connectivity index (χ2v) is 14.8. The Morgan fingerprint density at radius 3 is 1.98 bits per heavy atom. The summed E-state index contributed by atoms with van der Waals surface area (Å²) < 4.78 is 0. The van der Waals surface area contributed by atoms with Crippen molar-refractivity contribution in [3.05, 3.63) is 74.2 Å².